The molecule has 28 heavy (non-hydrogen) atoms. The fourth-order valence-electron chi connectivity index (χ4n) is 3.22. The molecule has 0 aliphatic heterocycles. The molecule has 0 unspecified atom stereocenters. The molecule has 0 spiro atoms. The molecular weight excluding hydrogens is 370 g/mol. The number of carboxylic acid groups (broad SMARTS) is 1. The van der Waals surface area contributed by atoms with E-state index in [1.54, 1.807) is 0 Å². The molecule has 5 nitrogen and oxygen atoms in total. The summed E-state index contributed by atoms with van der Waals surface area (Å²) in [5, 5.41) is 14.8. The molecule has 0 atom stereocenters. The molecule has 0 fully saturated rings. The number of aromatic nitrogens is 3. The Hall–Kier alpha value is -3.25. The fourth-order valence-corrected chi connectivity index (χ4v) is 4.20. The average molecular weight is 389 g/mol. The van der Waals surface area contributed by atoms with E-state index in [9.17, 15) is 9.90 Å². The van der Waals surface area contributed by atoms with Gasteiger partial charge in [-0.05, 0) is 49.8 Å². The maximum atomic E-state index is 11.5. The summed E-state index contributed by atoms with van der Waals surface area (Å²) >= 11 is 1.51. The van der Waals surface area contributed by atoms with Crippen molar-refractivity contribution >= 4 is 39.2 Å². The molecule has 2 aromatic heterocycles. The van der Waals surface area contributed by atoms with Crippen LogP contribution in [0.15, 0.2) is 54.6 Å². The third-order valence-corrected chi connectivity index (χ3v) is 5.69. The maximum absolute atomic E-state index is 11.5. The predicted octanol–water partition coefficient (Wildman–Crippen LogP) is 5.11. The van der Waals surface area contributed by atoms with Crippen molar-refractivity contribution < 1.29 is 9.90 Å². The largest absolute Gasteiger partial charge is 0.481 e. The molecule has 4 rings (SSSR count). The number of hydrogen-bond acceptors (Lipinski definition) is 4. The second-order valence-electron chi connectivity index (χ2n) is 6.56. The molecule has 2 heterocycles. The van der Waals surface area contributed by atoms with Gasteiger partial charge in [-0.25, -0.2) is 9.67 Å². The number of para-hydroxylation sites is 2. The van der Waals surface area contributed by atoms with Crippen molar-refractivity contribution in [3.63, 3.8) is 0 Å². The van der Waals surface area contributed by atoms with Gasteiger partial charge < -0.3 is 5.11 Å². The van der Waals surface area contributed by atoms with E-state index in [4.69, 9.17) is 0 Å². The predicted molar refractivity (Wildman–Crippen MR) is 113 cm³/mol. The maximum Gasteiger partial charge on any atom is 0.307 e. The number of carboxylic acids is 1. The first-order valence-electron chi connectivity index (χ1n) is 8.93. The summed E-state index contributed by atoms with van der Waals surface area (Å²) in [6.07, 6.45) is 1.83. The highest BCUT2D eigenvalue weighted by Gasteiger charge is 2.16. The van der Waals surface area contributed by atoms with Crippen LogP contribution >= 0.6 is 11.3 Å². The van der Waals surface area contributed by atoms with Crippen molar-refractivity contribution in [3.05, 3.63) is 76.6 Å². The number of benzene rings is 2. The van der Waals surface area contributed by atoms with Crippen LogP contribution in [0, 0.1) is 13.8 Å². The Bertz CT molecular complexity index is 1160. The Kier molecular flexibility index (Phi) is 4.79. The van der Waals surface area contributed by atoms with Gasteiger partial charge in [0.15, 0.2) is 0 Å². The Balaban J connectivity index is 1.83. The standard InChI is InChI=1S/C22H19N3O2S/c1-14-18(15(2)25(24-14)17-8-4-3-5-9-17)12-16(13-21(26)27)22-23-19-10-6-7-11-20(19)28-22/h3-12H,13H2,1-2H3,(H,26,27). The SMILES string of the molecule is Cc1nn(-c2ccccc2)c(C)c1C=C(CC(=O)O)c1nc2ccccc2s1. The highest BCUT2D eigenvalue weighted by molar-refractivity contribution is 7.19. The minimum atomic E-state index is -0.878. The summed E-state index contributed by atoms with van der Waals surface area (Å²) in [5.41, 5.74) is 5.29. The van der Waals surface area contributed by atoms with Crippen LogP contribution in [0.3, 0.4) is 0 Å². The Labute approximate surface area is 166 Å². The van der Waals surface area contributed by atoms with Crippen LogP contribution < -0.4 is 0 Å². The molecule has 0 bridgehead atoms. The first-order valence-corrected chi connectivity index (χ1v) is 9.74. The molecule has 0 radical (unpaired) electrons. The van der Waals surface area contributed by atoms with Gasteiger partial charge in [0.1, 0.15) is 5.01 Å². The summed E-state index contributed by atoms with van der Waals surface area (Å²) in [5.74, 6) is -0.878. The Morgan fingerprint density at radius 2 is 1.82 bits per heavy atom. The van der Waals surface area contributed by atoms with E-state index in [1.165, 1.54) is 11.3 Å². The molecule has 2 aromatic carbocycles. The van der Waals surface area contributed by atoms with Crippen LogP contribution in [0.4, 0.5) is 0 Å². The number of rotatable bonds is 5. The minimum absolute atomic E-state index is 0.0881. The van der Waals surface area contributed by atoms with Crippen molar-refractivity contribution in [2.45, 2.75) is 20.3 Å². The van der Waals surface area contributed by atoms with E-state index in [1.807, 2.05) is 79.2 Å². The van der Waals surface area contributed by atoms with Gasteiger partial charge in [-0.3, -0.25) is 4.79 Å². The van der Waals surface area contributed by atoms with Crippen molar-refractivity contribution in [3.8, 4) is 5.69 Å². The van der Waals surface area contributed by atoms with Crippen LogP contribution in [-0.4, -0.2) is 25.8 Å². The van der Waals surface area contributed by atoms with Crippen molar-refractivity contribution in [1.82, 2.24) is 14.8 Å². The minimum Gasteiger partial charge on any atom is -0.481 e. The monoisotopic (exact) mass is 389 g/mol. The highest BCUT2D eigenvalue weighted by Crippen LogP contribution is 2.31. The zero-order chi connectivity index (χ0) is 19.7. The van der Waals surface area contributed by atoms with Crippen molar-refractivity contribution in [1.29, 1.82) is 0 Å². The van der Waals surface area contributed by atoms with E-state index in [0.29, 0.717) is 5.57 Å². The Morgan fingerprint density at radius 1 is 1.11 bits per heavy atom. The van der Waals surface area contributed by atoms with E-state index < -0.39 is 5.97 Å². The number of aliphatic carboxylic acids is 1. The zero-order valence-corrected chi connectivity index (χ0v) is 16.4. The summed E-state index contributed by atoms with van der Waals surface area (Å²) in [6.45, 7) is 3.94. The molecule has 0 amide bonds. The van der Waals surface area contributed by atoms with Crippen molar-refractivity contribution in [2.75, 3.05) is 0 Å². The average Bonchev–Trinajstić information content (AvgIpc) is 3.24. The van der Waals surface area contributed by atoms with E-state index in [2.05, 4.69) is 10.1 Å². The molecule has 140 valence electrons. The summed E-state index contributed by atoms with van der Waals surface area (Å²) in [7, 11) is 0. The lowest BCUT2D eigenvalue weighted by Gasteiger charge is -2.05. The molecule has 0 saturated heterocycles. The van der Waals surface area contributed by atoms with Crippen LogP contribution in [0.5, 0.6) is 0 Å². The lowest BCUT2D eigenvalue weighted by molar-refractivity contribution is -0.135. The van der Waals surface area contributed by atoms with Gasteiger partial charge in [-0.2, -0.15) is 5.10 Å². The van der Waals surface area contributed by atoms with Crippen LogP contribution in [0.1, 0.15) is 28.4 Å². The van der Waals surface area contributed by atoms with Crippen molar-refractivity contribution in [2.24, 2.45) is 0 Å². The molecule has 0 aliphatic rings. The molecule has 4 aromatic rings. The fraction of sp³-hybridized carbons (Fsp3) is 0.136. The number of nitrogens with zero attached hydrogens (tertiary/aromatic N) is 3. The van der Waals surface area contributed by atoms with E-state index >= 15 is 0 Å². The van der Waals surface area contributed by atoms with Gasteiger partial charge in [-0.1, -0.05) is 30.3 Å². The number of aryl methyl sites for hydroxylation is 1. The summed E-state index contributed by atoms with van der Waals surface area (Å²) in [4.78, 5) is 16.1. The summed E-state index contributed by atoms with van der Waals surface area (Å²) < 4.78 is 2.93. The normalized spacial score (nSPS) is 11.9. The van der Waals surface area contributed by atoms with Gasteiger partial charge >= 0.3 is 5.97 Å². The van der Waals surface area contributed by atoms with E-state index in [0.717, 1.165) is 37.9 Å². The third kappa shape index (κ3) is 3.46. The second kappa shape index (κ2) is 7.40. The van der Waals surface area contributed by atoms with Crippen LogP contribution in [-0.2, 0) is 4.79 Å². The van der Waals surface area contributed by atoms with Crippen LogP contribution in [0.25, 0.3) is 27.6 Å². The lowest BCUT2D eigenvalue weighted by Crippen LogP contribution is -1.99. The first kappa shape index (κ1) is 18.1. The molecule has 0 aliphatic carbocycles. The number of carbonyl (C=O) groups is 1. The summed E-state index contributed by atoms with van der Waals surface area (Å²) in [6, 6.07) is 17.7. The van der Waals surface area contributed by atoms with Gasteiger partial charge in [0, 0.05) is 11.3 Å². The van der Waals surface area contributed by atoms with Gasteiger partial charge in [0.2, 0.25) is 0 Å². The number of fused-ring (bicyclic) bond motifs is 1. The van der Waals surface area contributed by atoms with Gasteiger partial charge in [-0.15, -0.1) is 11.3 Å². The third-order valence-electron chi connectivity index (χ3n) is 4.58. The molecule has 0 saturated carbocycles. The molecular formula is C22H19N3O2S. The smallest absolute Gasteiger partial charge is 0.307 e. The second-order valence-corrected chi connectivity index (χ2v) is 7.59. The van der Waals surface area contributed by atoms with E-state index in [-0.39, 0.29) is 6.42 Å². The van der Waals surface area contributed by atoms with Gasteiger partial charge in [0.25, 0.3) is 0 Å². The quantitative estimate of drug-likeness (QED) is 0.515. The number of hydrogen-bond donors (Lipinski definition) is 1. The first-order chi connectivity index (χ1) is 13.5. The Morgan fingerprint density at radius 3 is 2.54 bits per heavy atom. The molecule has 6 heteroatoms. The van der Waals surface area contributed by atoms with Gasteiger partial charge in [0.05, 0.1) is 28.0 Å². The number of thiazole rings is 1. The topological polar surface area (TPSA) is 68.0 Å². The van der Waals surface area contributed by atoms with Crippen LogP contribution in [0.2, 0.25) is 0 Å². The lowest BCUT2D eigenvalue weighted by atomic mass is 10.1. The zero-order valence-electron chi connectivity index (χ0n) is 15.6. The molecule has 1 N–H and O–H groups in total. The highest BCUT2D eigenvalue weighted by atomic mass is 32.1.